The second kappa shape index (κ2) is 7.37. The Hall–Kier alpha value is -2.70. The normalized spacial score (nSPS) is 16.1. The fourth-order valence-corrected chi connectivity index (χ4v) is 4.02. The van der Waals surface area contributed by atoms with Crippen LogP contribution in [-0.2, 0) is 6.42 Å². The number of guanidine groups is 1. The molecule has 0 bridgehead atoms. The minimum atomic E-state index is -0.305. The average molecular weight is 416 g/mol. The van der Waals surface area contributed by atoms with E-state index in [0.29, 0.717) is 28.6 Å². The molecule has 2 aromatic carbocycles. The molecule has 2 heterocycles. The zero-order chi connectivity index (χ0) is 19.8. The van der Waals surface area contributed by atoms with E-state index < -0.39 is 0 Å². The number of hydrogen-bond acceptors (Lipinski definition) is 2. The molecular weight excluding hydrogens is 397 g/mol. The number of nitrogens with zero attached hydrogens (tertiary/aromatic N) is 2. The number of carbonyl (C=O) groups is 1. The molecule has 0 radical (unpaired) electrons. The molecule has 0 fully saturated rings. The number of H-pyrrole nitrogens is 1. The number of halogens is 2. The van der Waals surface area contributed by atoms with Crippen molar-refractivity contribution in [2.75, 3.05) is 13.1 Å². The van der Waals surface area contributed by atoms with Crippen LogP contribution in [0, 0.1) is 0 Å². The van der Waals surface area contributed by atoms with Gasteiger partial charge in [0, 0.05) is 38.8 Å². The predicted octanol–water partition coefficient (Wildman–Crippen LogP) is 3.49. The monoisotopic (exact) mass is 415 g/mol. The van der Waals surface area contributed by atoms with E-state index in [-0.39, 0.29) is 24.5 Å². The van der Waals surface area contributed by atoms with E-state index >= 15 is 0 Å². The highest BCUT2D eigenvalue weighted by Gasteiger charge is 2.33. The largest absolute Gasteiger partial charge is 0.370 e. The van der Waals surface area contributed by atoms with Crippen molar-refractivity contribution >= 4 is 46.0 Å². The molecule has 6 nitrogen and oxygen atoms in total. The lowest BCUT2D eigenvalue weighted by Gasteiger charge is -2.35. The first-order valence-electron chi connectivity index (χ1n) is 8.86. The molecule has 0 spiro atoms. The van der Waals surface area contributed by atoms with Crippen molar-refractivity contribution in [3.8, 4) is 0 Å². The third kappa shape index (κ3) is 3.41. The van der Waals surface area contributed by atoms with Gasteiger partial charge in [0.05, 0.1) is 12.6 Å². The SMILES string of the molecule is NC(N)=NCC1c2[nH]c3ccc(Cl)cc3c2CCN1C(=O)c1ccc(Cl)cc1. The van der Waals surface area contributed by atoms with Gasteiger partial charge in [-0.05, 0) is 54.4 Å². The molecule has 0 saturated heterocycles. The molecular formula is C20H19Cl2N5O. The van der Waals surface area contributed by atoms with Gasteiger partial charge in [-0.25, -0.2) is 0 Å². The number of hydrogen-bond donors (Lipinski definition) is 3. The number of aliphatic imine (C=N–C) groups is 1. The summed E-state index contributed by atoms with van der Waals surface area (Å²) in [5.41, 5.74) is 14.7. The maximum absolute atomic E-state index is 13.2. The molecule has 1 aliphatic heterocycles. The van der Waals surface area contributed by atoms with Crippen molar-refractivity contribution in [2.24, 2.45) is 16.5 Å². The van der Waals surface area contributed by atoms with Gasteiger partial charge in [0.2, 0.25) is 0 Å². The molecule has 1 unspecified atom stereocenters. The van der Waals surface area contributed by atoms with E-state index in [1.54, 1.807) is 29.2 Å². The highest BCUT2D eigenvalue weighted by molar-refractivity contribution is 6.31. The predicted molar refractivity (Wildman–Crippen MR) is 113 cm³/mol. The average Bonchev–Trinajstić information content (AvgIpc) is 3.04. The summed E-state index contributed by atoms with van der Waals surface area (Å²) in [4.78, 5) is 22.6. The topological polar surface area (TPSA) is 100 Å². The summed E-state index contributed by atoms with van der Waals surface area (Å²) in [7, 11) is 0. The van der Waals surface area contributed by atoms with E-state index in [2.05, 4.69) is 9.98 Å². The molecule has 1 aromatic heterocycles. The van der Waals surface area contributed by atoms with Gasteiger partial charge >= 0.3 is 0 Å². The number of carbonyl (C=O) groups excluding carboxylic acids is 1. The standard InChI is InChI=1S/C20H19Cl2N5O/c21-12-3-1-11(2-4-12)19(28)27-8-7-14-15-9-13(22)5-6-16(15)26-18(14)17(27)10-25-20(23)24/h1-6,9,17,26H,7-8,10H2,(H4,23,24,25). The molecule has 4 rings (SSSR count). The number of aromatic nitrogens is 1. The van der Waals surface area contributed by atoms with Gasteiger partial charge in [0.15, 0.2) is 5.96 Å². The van der Waals surface area contributed by atoms with Gasteiger partial charge in [0.25, 0.3) is 5.91 Å². The van der Waals surface area contributed by atoms with Crippen LogP contribution in [0.5, 0.6) is 0 Å². The second-order valence-corrected chi connectivity index (χ2v) is 7.62. The number of benzene rings is 2. The van der Waals surface area contributed by atoms with E-state index in [0.717, 1.165) is 22.2 Å². The molecule has 144 valence electrons. The molecule has 5 N–H and O–H groups in total. The minimum Gasteiger partial charge on any atom is -0.370 e. The van der Waals surface area contributed by atoms with Crippen LogP contribution in [-0.4, -0.2) is 34.8 Å². The summed E-state index contributed by atoms with van der Waals surface area (Å²) < 4.78 is 0. The quantitative estimate of drug-likeness (QED) is 0.450. The van der Waals surface area contributed by atoms with Crippen LogP contribution in [0.15, 0.2) is 47.5 Å². The van der Waals surface area contributed by atoms with Crippen molar-refractivity contribution in [3.05, 3.63) is 69.3 Å². The summed E-state index contributed by atoms with van der Waals surface area (Å²) in [6.07, 6.45) is 0.716. The first kappa shape index (κ1) is 18.7. The maximum Gasteiger partial charge on any atom is 0.254 e. The molecule has 0 aliphatic carbocycles. The Morgan fingerprint density at radius 2 is 1.86 bits per heavy atom. The van der Waals surface area contributed by atoms with Gasteiger partial charge in [-0.2, -0.15) is 0 Å². The van der Waals surface area contributed by atoms with E-state index in [4.69, 9.17) is 34.7 Å². The van der Waals surface area contributed by atoms with Gasteiger partial charge in [-0.3, -0.25) is 9.79 Å². The van der Waals surface area contributed by atoms with E-state index in [9.17, 15) is 4.79 Å². The number of amides is 1. The zero-order valence-electron chi connectivity index (χ0n) is 15.0. The fourth-order valence-electron chi connectivity index (χ4n) is 3.72. The lowest BCUT2D eigenvalue weighted by molar-refractivity contribution is 0.0665. The molecule has 3 aromatic rings. The van der Waals surface area contributed by atoms with Gasteiger partial charge in [-0.1, -0.05) is 23.2 Å². The fraction of sp³-hybridized carbons (Fsp3) is 0.200. The lowest BCUT2D eigenvalue weighted by Crippen LogP contribution is -2.42. The summed E-state index contributed by atoms with van der Waals surface area (Å²) >= 11 is 12.1. The van der Waals surface area contributed by atoms with Crippen LogP contribution < -0.4 is 11.5 Å². The number of nitrogens with two attached hydrogens (primary N) is 2. The Labute approximate surface area is 172 Å². The van der Waals surface area contributed by atoms with Crippen LogP contribution in [0.3, 0.4) is 0 Å². The Bertz CT molecular complexity index is 1070. The first-order valence-corrected chi connectivity index (χ1v) is 9.61. The third-order valence-corrected chi connectivity index (χ3v) is 5.50. The zero-order valence-corrected chi connectivity index (χ0v) is 16.5. The lowest BCUT2D eigenvalue weighted by atomic mass is 9.96. The van der Waals surface area contributed by atoms with E-state index in [1.807, 2.05) is 18.2 Å². The smallest absolute Gasteiger partial charge is 0.254 e. The van der Waals surface area contributed by atoms with Crippen molar-refractivity contribution in [1.82, 2.24) is 9.88 Å². The first-order chi connectivity index (χ1) is 13.4. The highest BCUT2D eigenvalue weighted by Crippen LogP contribution is 2.36. The molecule has 1 atom stereocenters. The van der Waals surface area contributed by atoms with E-state index in [1.165, 1.54) is 0 Å². The highest BCUT2D eigenvalue weighted by atomic mass is 35.5. The van der Waals surface area contributed by atoms with Gasteiger partial charge < -0.3 is 21.4 Å². The summed E-state index contributed by atoms with van der Waals surface area (Å²) in [5.74, 6) is -0.0973. The molecule has 0 saturated carbocycles. The Morgan fingerprint density at radius 3 is 2.57 bits per heavy atom. The van der Waals surface area contributed by atoms with Crippen LogP contribution in [0.1, 0.15) is 27.7 Å². The summed E-state index contributed by atoms with van der Waals surface area (Å²) in [5, 5.41) is 2.33. The van der Waals surface area contributed by atoms with Crippen LogP contribution in [0.4, 0.5) is 0 Å². The van der Waals surface area contributed by atoms with Crippen LogP contribution >= 0.6 is 23.2 Å². The third-order valence-electron chi connectivity index (χ3n) is 5.01. The number of nitrogens with one attached hydrogen (secondary N) is 1. The molecule has 1 aliphatic rings. The second-order valence-electron chi connectivity index (χ2n) is 6.74. The van der Waals surface area contributed by atoms with Crippen molar-refractivity contribution in [3.63, 3.8) is 0 Å². The van der Waals surface area contributed by atoms with Crippen LogP contribution in [0.25, 0.3) is 10.9 Å². The number of rotatable bonds is 3. The van der Waals surface area contributed by atoms with Crippen molar-refractivity contribution in [2.45, 2.75) is 12.5 Å². The molecule has 8 heteroatoms. The Morgan fingerprint density at radius 1 is 1.14 bits per heavy atom. The van der Waals surface area contributed by atoms with Gasteiger partial charge in [-0.15, -0.1) is 0 Å². The summed E-state index contributed by atoms with van der Waals surface area (Å²) in [6, 6.07) is 12.3. The van der Waals surface area contributed by atoms with Crippen LogP contribution in [0.2, 0.25) is 10.0 Å². The minimum absolute atomic E-state index is 0.00910. The molecule has 28 heavy (non-hydrogen) atoms. The van der Waals surface area contributed by atoms with Gasteiger partial charge in [0.1, 0.15) is 0 Å². The summed E-state index contributed by atoms with van der Waals surface area (Å²) in [6.45, 7) is 0.827. The van der Waals surface area contributed by atoms with Crippen molar-refractivity contribution < 1.29 is 4.79 Å². The number of fused-ring (bicyclic) bond motifs is 3. The maximum atomic E-state index is 13.2. The van der Waals surface area contributed by atoms with Crippen molar-refractivity contribution in [1.29, 1.82) is 0 Å². The molecule has 1 amide bonds. The Balaban J connectivity index is 1.77. The number of aromatic amines is 1. The Kier molecular flexibility index (Phi) is 4.91.